The van der Waals surface area contributed by atoms with Gasteiger partial charge in [-0.3, -0.25) is 0 Å². The molecule has 94 valence electrons. The molecule has 0 saturated heterocycles. The second-order valence-corrected chi connectivity index (χ2v) is 4.50. The van der Waals surface area contributed by atoms with Gasteiger partial charge >= 0.3 is 0 Å². The molecule has 4 nitrogen and oxygen atoms in total. The van der Waals surface area contributed by atoms with E-state index in [1.54, 1.807) is 0 Å². The van der Waals surface area contributed by atoms with E-state index in [2.05, 4.69) is 6.92 Å². The van der Waals surface area contributed by atoms with E-state index >= 15 is 0 Å². The molecule has 0 heterocycles. The maximum atomic E-state index is 5.82. The van der Waals surface area contributed by atoms with Crippen molar-refractivity contribution in [2.45, 2.75) is 12.8 Å². The highest BCUT2D eigenvalue weighted by Crippen LogP contribution is 2.30. The topological polar surface area (TPSA) is 104 Å². The molecule has 0 aliphatic heterocycles. The molecule has 0 spiro atoms. The minimum absolute atomic E-state index is 0.191. The van der Waals surface area contributed by atoms with E-state index in [1.165, 1.54) is 0 Å². The van der Waals surface area contributed by atoms with Crippen molar-refractivity contribution in [3.05, 3.63) is 47.5 Å². The van der Waals surface area contributed by atoms with Crippen LogP contribution >= 0.6 is 0 Å². The molecule has 18 heavy (non-hydrogen) atoms. The van der Waals surface area contributed by atoms with E-state index in [1.807, 2.05) is 36.4 Å². The van der Waals surface area contributed by atoms with Crippen LogP contribution in [0.15, 0.2) is 36.4 Å². The van der Waals surface area contributed by atoms with Crippen molar-refractivity contribution < 1.29 is 0 Å². The highest BCUT2D eigenvalue weighted by molar-refractivity contribution is 5.66. The van der Waals surface area contributed by atoms with Crippen molar-refractivity contribution in [3.8, 4) is 0 Å². The van der Waals surface area contributed by atoms with Crippen LogP contribution < -0.4 is 22.9 Å². The van der Waals surface area contributed by atoms with Crippen molar-refractivity contribution in [3.63, 3.8) is 0 Å². The van der Waals surface area contributed by atoms with Crippen molar-refractivity contribution in [2.75, 3.05) is 22.9 Å². The van der Waals surface area contributed by atoms with Gasteiger partial charge < -0.3 is 22.9 Å². The third-order valence-electron chi connectivity index (χ3n) is 3.22. The van der Waals surface area contributed by atoms with Gasteiger partial charge in [-0.1, -0.05) is 19.1 Å². The maximum absolute atomic E-state index is 5.82. The summed E-state index contributed by atoms with van der Waals surface area (Å²) in [6.45, 7) is 2.09. The zero-order chi connectivity index (χ0) is 13.3. The Morgan fingerprint density at radius 1 is 0.667 bits per heavy atom. The van der Waals surface area contributed by atoms with E-state index in [0.29, 0.717) is 22.7 Å². The summed E-state index contributed by atoms with van der Waals surface area (Å²) in [5.41, 5.74) is 27.7. The first-order valence-corrected chi connectivity index (χ1v) is 5.79. The van der Waals surface area contributed by atoms with Crippen LogP contribution in [0.1, 0.15) is 24.0 Å². The lowest BCUT2D eigenvalue weighted by atomic mass is 9.92. The molecule has 2 aromatic rings. The first kappa shape index (κ1) is 12.1. The Morgan fingerprint density at radius 3 is 1.39 bits per heavy atom. The van der Waals surface area contributed by atoms with Crippen LogP contribution in [-0.2, 0) is 0 Å². The number of hydrogen-bond acceptors (Lipinski definition) is 4. The van der Waals surface area contributed by atoms with Crippen LogP contribution in [0, 0.1) is 0 Å². The quantitative estimate of drug-likeness (QED) is 0.606. The Labute approximate surface area is 107 Å². The second-order valence-electron chi connectivity index (χ2n) is 4.50. The molecule has 0 aromatic heterocycles. The average molecular weight is 242 g/mol. The molecule has 2 aromatic carbocycles. The lowest BCUT2D eigenvalue weighted by Gasteiger charge is -2.15. The Balaban J connectivity index is 2.37. The molecule has 8 N–H and O–H groups in total. The fourth-order valence-corrected chi connectivity index (χ4v) is 1.92. The van der Waals surface area contributed by atoms with Crippen LogP contribution in [0.4, 0.5) is 22.7 Å². The Hall–Kier alpha value is -2.36. The minimum atomic E-state index is 0.191. The highest BCUT2D eigenvalue weighted by atomic mass is 14.7. The third kappa shape index (κ3) is 2.18. The van der Waals surface area contributed by atoms with Gasteiger partial charge in [0.25, 0.3) is 0 Å². The summed E-state index contributed by atoms with van der Waals surface area (Å²) in [6.07, 6.45) is 0. The molecular formula is C14H18N4. The minimum Gasteiger partial charge on any atom is -0.397 e. The molecule has 0 atom stereocenters. The van der Waals surface area contributed by atoms with Crippen LogP contribution in [0.5, 0.6) is 0 Å². The molecule has 0 radical (unpaired) electrons. The van der Waals surface area contributed by atoms with Crippen LogP contribution in [-0.4, -0.2) is 0 Å². The predicted octanol–water partition coefficient (Wildman–Crippen LogP) is 2.17. The van der Waals surface area contributed by atoms with Gasteiger partial charge in [0, 0.05) is 5.92 Å². The maximum Gasteiger partial charge on any atom is 0.0550 e. The molecule has 2 rings (SSSR count). The number of nitrogen functional groups attached to an aromatic ring is 4. The van der Waals surface area contributed by atoms with E-state index in [4.69, 9.17) is 22.9 Å². The number of nitrogens with two attached hydrogens (primary N) is 4. The summed E-state index contributed by atoms with van der Waals surface area (Å²) in [4.78, 5) is 0. The summed E-state index contributed by atoms with van der Waals surface area (Å²) >= 11 is 0. The van der Waals surface area contributed by atoms with Crippen molar-refractivity contribution >= 4 is 22.7 Å². The summed E-state index contributed by atoms with van der Waals surface area (Å²) in [6, 6.07) is 11.4. The number of anilines is 4. The zero-order valence-electron chi connectivity index (χ0n) is 10.4. The molecule has 0 amide bonds. The standard InChI is InChI=1S/C14H18N4/c1-8(9-2-4-11(15)13(17)6-9)10-3-5-12(16)14(18)7-10/h2-8H,15-18H2,1H3. The van der Waals surface area contributed by atoms with Gasteiger partial charge in [-0.05, 0) is 35.4 Å². The summed E-state index contributed by atoms with van der Waals surface area (Å²) in [7, 11) is 0. The first-order valence-electron chi connectivity index (χ1n) is 5.79. The van der Waals surface area contributed by atoms with E-state index < -0.39 is 0 Å². The molecule has 0 aliphatic rings. The molecule has 0 aliphatic carbocycles. The molecule has 0 bridgehead atoms. The average Bonchev–Trinajstić information content (AvgIpc) is 2.35. The molecule has 0 unspecified atom stereocenters. The van der Waals surface area contributed by atoms with Crippen molar-refractivity contribution in [1.29, 1.82) is 0 Å². The van der Waals surface area contributed by atoms with Crippen LogP contribution in [0.25, 0.3) is 0 Å². The third-order valence-corrected chi connectivity index (χ3v) is 3.22. The van der Waals surface area contributed by atoms with Gasteiger partial charge in [0.2, 0.25) is 0 Å². The van der Waals surface area contributed by atoms with E-state index in [0.717, 1.165) is 11.1 Å². The van der Waals surface area contributed by atoms with Gasteiger partial charge in [-0.15, -0.1) is 0 Å². The zero-order valence-corrected chi connectivity index (χ0v) is 10.4. The fraction of sp³-hybridized carbons (Fsp3) is 0.143. The molecule has 0 saturated carbocycles. The predicted molar refractivity (Wildman–Crippen MR) is 78.1 cm³/mol. The van der Waals surface area contributed by atoms with Gasteiger partial charge in [-0.25, -0.2) is 0 Å². The molecule has 4 heteroatoms. The Kier molecular flexibility index (Phi) is 3.02. The lowest BCUT2D eigenvalue weighted by molar-refractivity contribution is 0.924. The normalized spacial score (nSPS) is 10.8. The SMILES string of the molecule is CC(c1ccc(N)c(N)c1)c1ccc(N)c(N)c1. The molecular weight excluding hydrogens is 224 g/mol. The monoisotopic (exact) mass is 242 g/mol. The first-order chi connectivity index (χ1) is 8.49. The van der Waals surface area contributed by atoms with Gasteiger partial charge in [0.15, 0.2) is 0 Å². The highest BCUT2D eigenvalue weighted by Gasteiger charge is 2.10. The Morgan fingerprint density at radius 2 is 1.06 bits per heavy atom. The fourth-order valence-electron chi connectivity index (χ4n) is 1.92. The van der Waals surface area contributed by atoms with Crippen LogP contribution in [0.2, 0.25) is 0 Å². The van der Waals surface area contributed by atoms with Crippen LogP contribution in [0.3, 0.4) is 0 Å². The largest absolute Gasteiger partial charge is 0.397 e. The smallest absolute Gasteiger partial charge is 0.0550 e. The number of hydrogen-bond donors (Lipinski definition) is 4. The Bertz CT molecular complexity index is 527. The molecule has 0 fully saturated rings. The number of rotatable bonds is 2. The van der Waals surface area contributed by atoms with Crippen molar-refractivity contribution in [2.24, 2.45) is 0 Å². The van der Waals surface area contributed by atoms with Crippen molar-refractivity contribution in [1.82, 2.24) is 0 Å². The van der Waals surface area contributed by atoms with Gasteiger partial charge in [-0.2, -0.15) is 0 Å². The summed E-state index contributed by atoms with van der Waals surface area (Å²) < 4.78 is 0. The second kappa shape index (κ2) is 4.49. The van der Waals surface area contributed by atoms with E-state index in [9.17, 15) is 0 Å². The number of benzene rings is 2. The van der Waals surface area contributed by atoms with Gasteiger partial charge in [0.1, 0.15) is 0 Å². The summed E-state index contributed by atoms with van der Waals surface area (Å²) in [5, 5.41) is 0. The summed E-state index contributed by atoms with van der Waals surface area (Å²) in [5.74, 6) is 0.191. The lowest BCUT2D eigenvalue weighted by Crippen LogP contribution is -2.02. The van der Waals surface area contributed by atoms with E-state index in [-0.39, 0.29) is 5.92 Å². The van der Waals surface area contributed by atoms with Gasteiger partial charge in [0.05, 0.1) is 22.7 Å².